The summed E-state index contributed by atoms with van der Waals surface area (Å²) in [5.74, 6) is -0.122. The minimum Gasteiger partial charge on any atom is -0.369 e. The van der Waals surface area contributed by atoms with Crippen LogP contribution in [-0.2, 0) is 12.8 Å². The molecule has 3 aromatic rings. The Morgan fingerprint density at radius 2 is 1.74 bits per heavy atom. The molecule has 2 heterocycles. The van der Waals surface area contributed by atoms with Crippen LogP contribution >= 0.6 is 0 Å². The lowest BCUT2D eigenvalue weighted by Crippen LogP contribution is -2.44. The number of anilines is 2. The number of hydrogen-bond acceptors (Lipinski definition) is 4. The number of aromatic nitrogens is 2. The molecular formula is C25H29N5O. The predicted octanol–water partition coefficient (Wildman–Crippen LogP) is 3.67. The summed E-state index contributed by atoms with van der Waals surface area (Å²) in [7, 11) is 2.16. The first-order valence-electron chi connectivity index (χ1n) is 11.1. The zero-order chi connectivity index (χ0) is 21.4. The van der Waals surface area contributed by atoms with Crippen molar-refractivity contribution in [3.8, 4) is 5.69 Å². The maximum atomic E-state index is 13.2. The molecule has 1 N–H and O–H groups in total. The number of aryl methyl sites for hydroxylation is 1. The highest BCUT2D eigenvalue weighted by molar-refractivity contribution is 6.04. The maximum absolute atomic E-state index is 13.2. The van der Waals surface area contributed by atoms with Crippen LogP contribution in [0, 0.1) is 6.92 Å². The molecule has 6 nitrogen and oxygen atoms in total. The third-order valence-corrected chi connectivity index (χ3v) is 6.47. The van der Waals surface area contributed by atoms with Gasteiger partial charge >= 0.3 is 0 Å². The molecule has 1 amide bonds. The van der Waals surface area contributed by atoms with Gasteiger partial charge < -0.3 is 15.1 Å². The molecule has 0 unspecified atom stereocenters. The van der Waals surface area contributed by atoms with Gasteiger partial charge in [-0.25, -0.2) is 4.68 Å². The SMILES string of the molecule is Cc1cc(N2CCN(C)CC2)ccc1NC(=O)c1nn(-c2ccccc2)c2c1CCC2. The lowest BCUT2D eigenvalue weighted by molar-refractivity contribution is 0.102. The van der Waals surface area contributed by atoms with Gasteiger partial charge in [-0.1, -0.05) is 18.2 Å². The molecule has 6 heteroatoms. The largest absolute Gasteiger partial charge is 0.369 e. The fourth-order valence-electron chi connectivity index (χ4n) is 4.63. The van der Waals surface area contributed by atoms with E-state index < -0.39 is 0 Å². The minimum atomic E-state index is -0.122. The number of nitrogens with one attached hydrogen (secondary N) is 1. The summed E-state index contributed by atoms with van der Waals surface area (Å²) in [4.78, 5) is 18.0. The number of hydrogen-bond donors (Lipinski definition) is 1. The zero-order valence-corrected chi connectivity index (χ0v) is 18.3. The molecular weight excluding hydrogens is 386 g/mol. The van der Waals surface area contributed by atoms with Crippen LogP contribution in [0.15, 0.2) is 48.5 Å². The number of fused-ring (bicyclic) bond motifs is 1. The first-order valence-corrected chi connectivity index (χ1v) is 11.1. The molecule has 0 spiro atoms. The van der Waals surface area contributed by atoms with Gasteiger partial charge in [-0.2, -0.15) is 5.10 Å². The molecule has 1 fully saturated rings. The Morgan fingerprint density at radius 1 is 0.968 bits per heavy atom. The normalized spacial score (nSPS) is 16.4. The number of nitrogens with zero attached hydrogens (tertiary/aromatic N) is 4. The molecule has 0 atom stereocenters. The van der Waals surface area contributed by atoms with Crippen molar-refractivity contribution in [1.82, 2.24) is 14.7 Å². The summed E-state index contributed by atoms with van der Waals surface area (Å²) >= 11 is 0. The van der Waals surface area contributed by atoms with Crippen LogP contribution in [-0.4, -0.2) is 53.8 Å². The second-order valence-corrected chi connectivity index (χ2v) is 8.62. The quantitative estimate of drug-likeness (QED) is 0.706. The van der Waals surface area contributed by atoms with Crippen molar-refractivity contribution in [2.45, 2.75) is 26.2 Å². The molecule has 160 valence electrons. The van der Waals surface area contributed by atoms with Gasteiger partial charge in [-0.15, -0.1) is 0 Å². The van der Waals surface area contributed by atoms with E-state index in [-0.39, 0.29) is 5.91 Å². The third-order valence-electron chi connectivity index (χ3n) is 6.47. The van der Waals surface area contributed by atoms with Gasteiger partial charge in [0.2, 0.25) is 0 Å². The molecule has 1 aliphatic heterocycles. The van der Waals surface area contributed by atoms with Crippen LogP contribution in [0.2, 0.25) is 0 Å². The number of rotatable bonds is 4. The Labute approximate surface area is 183 Å². The average Bonchev–Trinajstić information content (AvgIpc) is 3.39. The second-order valence-electron chi connectivity index (χ2n) is 8.62. The monoisotopic (exact) mass is 415 g/mol. The molecule has 1 aliphatic carbocycles. The Morgan fingerprint density at radius 3 is 2.48 bits per heavy atom. The van der Waals surface area contributed by atoms with Gasteiger partial charge in [0.25, 0.3) is 5.91 Å². The highest BCUT2D eigenvalue weighted by atomic mass is 16.2. The summed E-state index contributed by atoms with van der Waals surface area (Å²) in [6, 6.07) is 16.4. The van der Waals surface area contributed by atoms with Crippen LogP contribution in [0.3, 0.4) is 0 Å². The molecule has 2 aromatic carbocycles. The molecule has 31 heavy (non-hydrogen) atoms. The van der Waals surface area contributed by atoms with Gasteiger partial charge in [-0.05, 0) is 69.1 Å². The van der Waals surface area contributed by atoms with Crippen LogP contribution < -0.4 is 10.2 Å². The third kappa shape index (κ3) is 3.83. The number of carbonyl (C=O) groups is 1. The van der Waals surface area contributed by atoms with Crippen molar-refractivity contribution in [3.05, 3.63) is 71.0 Å². The van der Waals surface area contributed by atoms with Crippen molar-refractivity contribution in [3.63, 3.8) is 0 Å². The number of amides is 1. The summed E-state index contributed by atoms with van der Waals surface area (Å²) < 4.78 is 1.95. The van der Waals surface area contributed by atoms with Crippen LogP contribution in [0.5, 0.6) is 0 Å². The van der Waals surface area contributed by atoms with Crippen LogP contribution in [0.1, 0.15) is 33.7 Å². The summed E-state index contributed by atoms with van der Waals surface area (Å²) in [6.07, 6.45) is 2.94. The molecule has 1 saturated heterocycles. The smallest absolute Gasteiger partial charge is 0.276 e. The highest BCUT2D eigenvalue weighted by Crippen LogP contribution is 2.29. The maximum Gasteiger partial charge on any atom is 0.276 e. The van der Waals surface area contributed by atoms with Crippen LogP contribution in [0.25, 0.3) is 5.69 Å². The van der Waals surface area contributed by atoms with E-state index in [0.717, 1.165) is 67.9 Å². The van der Waals surface area contributed by atoms with Crippen molar-refractivity contribution in [1.29, 1.82) is 0 Å². The van der Waals surface area contributed by atoms with Crippen molar-refractivity contribution in [2.24, 2.45) is 0 Å². The van der Waals surface area contributed by atoms with Gasteiger partial charge in [0.15, 0.2) is 5.69 Å². The molecule has 5 rings (SSSR count). The van der Waals surface area contributed by atoms with E-state index in [2.05, 4.69) is 41.2 Å². The van der Waals surface area contributed by atoms with Crippen molar-refractivity contribution >= 4 is 17.3 Å². The Balaban J connectivity index is 1.37. The molecule has 1 aromatic heterocycles. The second kappa shape index (κ2) is 8.19. The summed E-state index contributed by atoms with van der Waals surface area (Å²) in [5, 5.41) is 7.83. The van der Waals surface area contributed by atoms with E-state index in [0.29, 0.717) is 5.69 Å². The Kier molecular flexibility index (Phi) is 5.24. The number of piperazine rings is 1. The Bertz CT molecular complexity index is 1100. The fourth-order valence-corrected chi connectivity index (χ4v) is 4.63. The Hall–Kier alpha value is -3.12. The van der Waals surface area contributed by atoms with Crippen molar-refractivity contribution < 1.29 is 4.79 Å². The number of benzene rings is 2. The topological polar surface area (TPSA) is 53.4 Å². The van der Waals surface area contributed by atoms with Gasteiger partial charge in [-0.3, -0.25) is 4.79 Å². The zero-order valence-electron chi connectivity index (χ0n) is 18.3. The average molecular weight is 416 g/mol. The van der Waals surface area contributed by atoms with E-state index in [1.165, 1.54) is 11.4 Å². The lowest BCUT2D eigenvalue weighted by atomic mass is 10.1. The molecule has 2 aliphatic rings. The van der Waals surface area contributed by atoms with Gasteiger partial charge in [0, 0.05) is 48.8 Å². The van der Waals surface area contributed by atoms with E-state index in [4.69, 9.17) is 5.10 Å². The first kappa shape index (κ1) is 19.8. The number of likely N-dealkylation sites (N-methyl/N-ethyl adjacent to an activating group) is 1. The highest BCUT2D eigenvalue weighted by Gasteiger charge is 2.27. The van der Waals surface area contributed by atoms with E-state index in [1.54, 1.807) is 0 Å². The van der Waals surface area contributed by atoms with Crippen molar-refractivity contribution in [2.75, 3.05) is 43.4 Å². The van der Waals surface area contributed by atoms with Gasteiger partial charge in [0.05, 0.1) is 5.69 Å². The minimum absolute atomic E-state index is 0.122. The van der Waals surface area contributed by atoms with Crippen LogP contribution in [0.4, 0.5) is 11.4 Å². The first-order chi connectivity index (χ1) is 15.1. The summed E-state index contributed by atoms with van der Waals surface area (Å²) in [5.41, 5.74) is 6.96. The standard InChI is InChI=1S/C25H29N5O/c1-18-17-20(29-15-13-28(2)14-16-29)11-12-22(18)26-25(31)24-21-9-6-10-23(21)30(27-24)19-7-4-3-5-8-19/h3-5,7-8,11-12,17H,6,9-10,13-16H2,1-2H3,(H,26,31). The van der Waals surface area contributed by atoms with E-state index in [1.807, 2.05) is 41.1 Å². The summed E-state index contributed by atoms with van der Waals surface area (Å²) in [6.45, 7) is 6.27. The lowest BCUT2D eigenvalue weighted by Gasteiger charge is -2.34. The molecule has 0 radical (unpaired) electrons. The predicted molar refractivity (Wildman–Crippen MR) is 124 cm³/mol. The number of carbonyl (C=O) groups excluding carboxylic acids is 1. The fraction of sp³-hybridized carbons (Fsp3) is 0.360. The molecule has 0 saturated carbocycles. The van der Waals surface area contributed by atoms with Gasteiger partial charge in [0.1, 0.15) is 0 Å². The van der Waals surface area contributed by atoms with E-state index >= 15 is 0 Å². The van der Waals surface area contributed by atoms with E-state index in [9.17, 15) is 4.79 Å². The molecule has 0 bridgehead atoms. The number of para-hydroxylation sites is 1.